The lowest BCUT2D eigenvalue weighted by atomic mass is 10.0. The normalized spacial score (nSPS) is 12.9. The van der Waals surface area contributed by atoms with E-state index >= 15 is 0 Å². The number of hydrogen-bond donors (Lipinski definition) is 1. The van der Waals surface area contributed by atoms with Crippen LogP contribution in [-0.2, 0) is 6.42 Å². The van der Waals surface area contributed by atoms with E-state index in [0.29, 0.717) is 12.0 Å². The summed E-state index contributed by atoms with van der Waals surface area (Å²) in [6.45, 7) is 4.07. The van der Waals surface area contributed by atoms with Gasteiger partial charge in [0.1, 0.15) is 0 Å². The highest BCUT2D eigenvalue weighted by Gasteiger charge is 2.12. The average Bonchev–Trinajstić information content (AvgIpc) is 2.81. The van der Waals surface area contributed by atoms with Crippen LogP contribution in [0.25, 0.3) is 0 Å². The van der Waals surface area contributed by atoms with Gasteiger partial charge in [-0.15, -0.1) is 0 Å². The Bertz CT molecular complexity index is 564. The summed E-state index contributed by atoms with van der Waals surface area (Å²) in [5, 5.41) is 4.38. The number of hydrogen-bond acceptors (Lipinski definition) is 2. The van der Waals surface area contributed by atoms with Crippen LogP contribution in [0.2, 0.25) is 0 Å². The van der Waals surface area contributed by atoms with Crippen molar-refractivity contribution in [1.29, 1.82) is 0 Å². The van der Waals surface area contributed by atoms with Crippen LogP contribution >= 0.6 is 0 Å². The van der Waals surface area contributed by atoms with Crippen LogP contribution in [0.3, 0.4) is 0 Å². The average molecular weight is 265 g/mol. The second-order valence-electron chi connectivity index (χ2n) is 4.86. The number of halogens is 2. The molecule has 1 heterocycles. The van der Waals surface area contributed by atoms with E-state index in [1.54, 1.807) is 0 Å². The molecule has 1 unspecified atom stereocenters. The van der Waals surface area contributed by atoms with Gasteiger partial charge < -0.3 is 5.73 Å². The monoisotopic (exact) mass is 265 g/mol. The van der Waals surface area contributed by atoms with Gasteiger partial charge in [0, 0.05) is 24.7 Å². The van der Waals surface area contributed by atoms with Crippen LogP contribution in [-0.4, -0.2) is 9.78 Å². The molecule has 0 aliphatic rings. The van der Waals surface area contributed by atoms with Crippen molar-refractivity contribution in [2.24, 2.45) is 5.73 Å². The Morgan fingerprint density at radius 1 is 1.21 bits per heavy atom. The third-order valence-corrected chi connectivity index (χ3v) is 2.99. The van der Waals surface area contributed by atoms with E-state index < -0.39 is 17.7 Å². The van der Waals surface area contributed by atoms with Gasteiger partial charge in [-0.25, -0.2) is 8.78 Å². The van der Waals surface area contributed by atoms with Crippen molar-refractivity contribution in [3.8, 4) is 0 Å². The molecule has 0 radical (unpaired) electrons. The van der Waals surface area contributed by atoms with Crippen LogP contribution in [0.5, 0.6) is 0 Å². The molecule has 102 valence electrons. The van der Waals surface area contributed by atoms with Crippen molar-refractivity contribution in [1.82, 2.24) is 9.78 Å². The largest absolute Gasteiger partial charge is 0.324 e. The van der Waals surface area contributed by atoms with Crippen molar-refractivity contribution in [3.63, 3.8) is 0 Å². The van der Waals surface area contributed by atoms with Crippen molar-refractivity contribution in [3.05, 3.63) is 53.4 Å². The number of benzene rings is 1. The number of nitrogens with two attached hydrogens (primary N) is 1. The first-order valence-electron chi connectivity index (χ1n) is 6.22. The topological polar surface area (TPSA) is 43.8 Å². The minimum Gasteiger partial charge on any atom is -0.324 e. The summed E-state index contributed by atoms with van der Waals surface area (Å²) >= 11 is 0. The van der Waals surface area contributed by atoms with E-state index in [1.165, 1.54) is 6.07 Å². The van der Waals surface area contributed by atoms with Crippen LogP contribution in [0, 0.1) is 11.6 Å². The Labute approximate surface area is 111 Å². The zero-order chi connectivity index (χ0) is 14.0. The van der Waals surface area contributed by atoms with E-state index in [2.05, 4.69) is 5.10 Å². The fourth-order valence-electron chi connectivity index (χ4n) is 1.86. The van der Waals surface area contributed by atoms with Gasteiger partial charge in [0.05, 0.1) is 5.69 Å². The maximum atomic E-state index is 13.1. The molecule has 1 aromatic carbocycles. The number of nitrogens with zero attached hydrogens (tertiary/aromatic N) is 2. The number of rotatable bonds is 4. The van der Waals surface area contributed by atoms with Gasteiger partial charge in [-0.1, -0.05) is 6.07 Å². The van der Waals surface area contributed by atoms with Crippen molar-refractivity contribution < 1.29 is 8.78 Å². The molecule has 0 spiro atoms. The molecule has 1 aromatic heterocycles. The second kappa shape index (κ2) is 5.48. The van der Waals surface area contributed by atoms with Crippen LogP contribution in [0.15, 0.2) is 30.5 Å². The minimum absolute atomic E-state index is 0.285. The lowest BCUT2D eigenvalue weighted by molar-refractivity contribution is 0.504. The fourth-order valence-corrected chi connectivity index (χ4v) is 1.86. The Hall–Kier alpha value is -1.75. The maximum Gasteiger partial charge on any atom is 0.159 e. The summed E-state index contributed by atoms with van der Waals surface area (Å²) in [6, 6.07) is 5.51. The first-order chi connectivity index (χ1) is 8.97. The molecule has 5 heteroatoms. The molecule has 19 heavy (non-hydrogen) atoms. The Morgan fingerprint density at radius 3 is 2.53 bits per heavy atom. The van der Waals surface area contributed by atoms with Crippen molar-refractivity contribution in [2.75, 3.05) is 0 Å². The molecule has 0 amide bonds. The molecule has 2 rings (SSSR count). The Kier molecular flexibility index (Phi) is 3.95. The summed E-state index contributed by atoms with van der Waals surface area (Å²) in [6.07, 6.45) is 2.38. The molecule has 2 aromatic rings. The van der Waals surface area contributed by atoms with Gasteiger partial charge in [0.25, 0.3) is 0 Å². The molecular formula is C14H17F2N3. The highest BCUT2D eigenvalue weighted by atomic mass is 19.2. The Balaban J connectivity index is 2.11. The summed E-state index contributed by atoms with van der Waals surface area (Å²) < 4.78 is 27.8. The van der Waals surface area contributed by atoms with Gasteiger partial charge in [-0.2, -0.15) is 5.10 Å². The van der Waals surface area contributed by atoms with Crippen LogP contribution < -0.4 is 5.73 Å². The van der Waals surface area contributed by atoms with Crippen LogP contribution in [0.4, 0.5) is 8.78 Å². The van der Waals surface area contributed by atoms with Crippen molar-refractivity contribution in [2.45, 2.75) is 32.4 Å². The van der Waals surface area contributed by atoms with Crippen LogP contribution in [0.1, 0.15) is 37.2 Å². The molecule has 0 saturated heterocycles. The third-order valence-electron chi connectivity index (χ3n) is 2.99. The minimum atomic E-state index is -0.874. The smallest absolute Gasteiger partial charge is 0.159 e. The van der Waals surface area contributed by atoms with Gasteiger partial charge >= 0.3 is 0 Å². The zero-order valence-corrected chi connectivity index (χ0v) is 11.0. The zero-order valence-electron chi connectivity index (χ0n) is 11.0. The fraction of sp³-hybridized carbons (Fsp3) is 0.357. The standard InChI is InChI=1S/C14H17F2N3/c1-9(2)19-6-5-11(18-19)8-14(17)10-3-4-12(15)13(16)7-10/h3-7,9,14H,8,17H2,1-2H3. The maximum absolute atomic E-state index is 13.1. The second-order valence-corrected chi connectivity index (χ2v) is 4.86. The molecule has 0 aliphatic heterocycles. The Morgan fingerprint density at radius 2 is 1.95 bits per heavy atom. The summed E-state index contributed by atoms with van der Waals surface area (Å²) in [7, 11) is 0. The first-order valence-corrected chi connectivity index (χ1v) is 6.22. The summed E-state index contributed by atoms with van der Waals surface area (Å²) in [5.74, 6) is -1.74. The molecule has 0 fully saturated rings. The van der Waals surface area contributed by atoms with Gasteiger partial charge in [-0.3, -0.25) is 4.68 Å². The molecule has 0 saturated carbocycles. The lowest BCUT2D eigenvalue weighted by Gasteiger charge is -2.11. The predicted octanol–water partition coefficient (Wildman–Crippen LogP) is 2.98. The quantitative estimate of drug-likeness (QED) is 0.923. The predicted molar refractivity (Wildman–Crippen MR) is 69.6 cm³/mol. The lowest BCUT2D eigenvalue weighted by Crippen LogP contribution is -2.14. The highest BCUT2D eigenvalue weighted by Crippen LogP contribution is 2.18. The van der Waals surface area contributed by atoms with E-state index in [9.17, 15) is 8.78 Å². The summed E-state index contributed by atoms with van der Waals surface area (Å²) in [5.41, 5.74) is 7.40. The van der Waals surface area contributed by atoms with E-state index in [-0.39, 0.29) is 6.04 Å². The molecule has 0 bridgehead atoms. The molecular weight excluding hydrogens is 248 g/mol. The van der Waals surface area contributed by atoms with Gasteiger partial charge in [0.2, 0.25) is 0 Å². The molecule has 2 N–H and O–H groups in total. The number of aromatic nitrogens is 2. The highest BCUT2D eigenvalue weighted by molar-refractivity contribution is 5.22. The van der Waals surface area contributed by atoms with Gasteiger partial charge in [0.15, 0.2) is 11.6 Å². The molecule has 0 aliphatic carbocycles. The van der Waals surface area contributed by atoms with Gasteiger partial charge in [-0.05, 0) is 37.6 Å². The molecule has 3 nitrogen and oxygen atoms in total. The van der Waals surface area contributed by atoms with E-state index in [4.69, 9.17) is 5.73 Å². The van der Waals surface area contributed by atoms with Crippen molar-refractivity contribution >= 4 is 0 Å². The van der Waals surface area contributed by atoms with E-state index in [0.717, 1.165) is 17.8 Å². The molecule has 1 atom stereocenters. The third kappa shape index (κ3) is 3.17. The van der Waals surface area contributed by atoms with E-state index in [1.807, 2.05) is 30.8 Å². The SMILES string of the molecule is CC(C)n1ccc(CC(N)c2ccc(F)c(F)c2)n1. The summed E-state index contributed by atoms with van der Waals surface area (Å²) in [4.78, 5) is 0. The first kappa shape index (κ1) is 13.7.